The van der Waals surface area contributed by atoms with Gasteiger partial charge in [-0.15, -0.1) is 0 Å². The number of halogens is 4. The Kier molecular flexibility index (Phi) is 3.98. The topological polar surface area (TPSA) is 55.6 Å². The Morgan fingerprint density at radius 3 is 2.46 bits per heavy atom. The zero-order valence-corrected chi connectivity index (χ0v) is 12.9. The first kappa shape index (κ1) is 16.7. The van der Waals surface area contributed by atoms with E-state index in [4.69, 9.17) is 4.74 Å². The molecule has 0 saturated carbocycles. The Morgan fingerprint density at radius 2 is 1.92 bits per heavy atom. The van der Waals surface area contributed by atoms with Crippen LogP contribution < -0.4 is 4.90 Å². The van der Waals surface area contributed by atoms with Crippen molar-refractivity contribution < 1.29 is 31.6 Å². The van der Waals surface area contributed by atoms with E-state index < -0.39 is 28.7 Å². The van der Waals surface area contributed by atoms with E-state index in [0.717, 1.165) is 6.07 Å². The van der Waals surface area contributed by atoms with Crippen molar-refractivity contribution in [3.8, 4) is 0 Å². The van der Waals surface area contributed by atoms with Crippen LogP contribution in [-0.2, 0) is 10.9 Å². The minimum atomic E-state index is -4.80. The molecule has 1 saturated heterocycles. The Balaban J connectivity index is 2.19. The number of alkyl halides is 3. The number of aromatic nitrogens is 1. The van der Waals surface area contributed by atoms with Crippen LogP contribution in [0.15, 0.2) is 10.6 Å². The van der Waals surface area contributed by atoms with Crippen LogP contribution in [0.25, 0.3) is 11.0 Å². The monoisotopic (exact) mass is 346 g/mol. The number of carbonyl (C=O) groups excluding carboxylic acids is 1. The third-order valence-corrected chi connectivity index (χ3v) is 3.84. The fourth-order valence-electron chi connectivity index (χ4n) is 3.02. The number of hydrogen-bond acceptors (Lipinski definition) is 5. The highest BCUT2D eigenvalue weighted by molar-refractivity contribution is 5.95. The molecule has 0 radical (unpaired) electrons. The lowest BCUT2D eigenvalue weighted by atomic mass is 10.1. The molecule has 1 aromatic carbocycles. The minimum Gasteiger partial charge on any atom is -0.372 e. The molecule has 1 aliphatic rings. The largest absolute Gasteiger partial charge is 0.437 e. The molecule has 24 heavy (non-hydrogen) atoms. The predicted octanol–water partition coefficient (Wildman–Crippen LogP) is 3.41. The van der Waals surface area contributed by atoms with Crippen molar-refractivity contribution in [2.24, 2.45) is 0 Å². The molecule has 5 nitrogen and oxygen atoms in total. The van der Waals surface area contributed by atoms with Crippen LogP contribution in [0.3, 0.4) is 0 Å². The van der Waals surface area contributed by atoms with Gasteiger partial charge in [0, 0.05) is 18.7 Å². The molecule has 0 N–H and O–H groups in total. The molecule has 0 spiro atoms. The number of aldehydes is 1. The second kappa shape index (κ2) is 5.73. The zero-order chi connectivity index (χ0) is 17.6. The van der Waals surface area contributed by atoms with E-state index in [0.29, 0.717) is 19.4 Å². The summed E-state index contributed by atoms with van der Waals surface area (Å²) in [6.07, 6.45) is -4.91. The summed E-state index contributed by atoms with van der Waals surface area (Å²) in [5.74, 6) is -1.03. The second-order valence-electron chi connectivity index (χ2n) is 5.81. The highest BCUT2D eigenvalue weighted by Gasteiger charge is 2.39. The van der Waals surface area contributed by atoms with E-state index in [9.17, 15) is 22.4 Å². The number of carbonyl (C=O) groups is 1. The summed E-state index contributed by atoms with van der Waals surface area (Å²) in [6.45, 7) is 4.17. The van der Waals surface area contributed by atoms with Gasteiger partial charge < -0.3 is 14.2 Å². The van der Waals surface area contributed by atoms with E-state index >= 15 is 0 Å². The first-order chi connectivity index (χ1) is 11.2. The lowest BCUT2D eigenvalue weighted by molar-refractivity contribution is -0.141. The van der Waals surface area contributed by atoms with Gasteiger partial charge in [-0.3, -0.25) is 4.79 Å². The zero-order valence-electron chi connectivity index (χ0n) is 12.9. The van der Waals surface area contributed by atoms with E-state index in [2.05, 4.69) is 9.68 Å². The minimum absolute atomic E-state index is 0.0932. The van der Waals surface area contributed by atoms with E-state index in [1.807, 2.05) is 0 Å². The summed E-state index contributed by atoms with van der Waals surface area (Å²) in [5.41, 5.74) is -2.25. The van der Waals surface area contributed by atoms with Crippen LogP contribution in [0, 0.1) is 5.82 Å². The third kappa shape index (κ3) is 2.72. The van der Waals surface area contributed by atoms with Crippen molar-refractivity contribution >= 4 is 22.9 Å². The number of benzene rings is 1. The van der Waals surface area contributed by atoms with Crippen molar-refractivity contribution in [3.05, 3.63) is 23.1 Å². The van der Waals surface area contributed by atoms with Gasteiger partial charge in [-0.05, 0) is 19.9 Å². The molecular formula is C15H14F4N2O3. The van der Waals surface area contributed by atoms with Crippen molar-refractivity contribution in [3.63, 3.8) is 0 Å². The van der Waals surface area contributed by atoms with Gasteiger partial charge in [0.2, 0.25) is 5.58 Å². The number of fused-ring (bicyclic) bond motifs is 1. The molecule has 2 aromatic rings. The molecule has 2 heterocycles. The van der Waals surface area contributed by atoms with Crippen LogP contribution in [0.4, 0.5) is 23.2 Å². The van der Waals surface area contributed by atoms with Crippen LogP contribution in [0.1, 0.15) is 29.9 Å². The fraction of sp³-hybridized carbons (Fsp3) is 0.467. The van der Waals surface area contributed by atoms with Crippen molar-refractivity contribution in [1.82, 2.24) is 5.16 Å². The molecule has 1 aliphatic heterocycles. The van der Waals surface area contributed by atoms with Crippen LogP contribution in [0.5, 0.6) is 0 Å². The molecular weight excluding hydrogens is 332 g/mol. The van der Waals surface area contributed by atoms with E-state index in [-0.39, 0.29) is 23.5 Å². The van der Waals surface area contributed by atoms with Gasteiger partial charge in [0.25, 0.3) is 0 Å². The lowest BCUT2D eigenvalue weighted by Crippen LogP contribution is -2.46. The Morgan fingerprint density at radius 1 is 1.29 bits per heavy atom. The van der Waals surface area contributed by atoms with Crippen LogP contribution in [-0.4, -0.2) is 36.7 Å². The van der Waals surface area contributed by atoms with Gasteiger partial charge in [0.05, 0.1) is 23.3 Å². The molecule has 0 aliphatic carbocycles. The highest BCUT2D eigenvalue weighted by Crippen LogP contribution is 2.39. The normalized spacial score (nSPS) is 22.2. The van der Waals surface area contributed by atoms with Gasteiger partial charge >= 0.3 is 6.18 Å². The Bertz CT molecular complexity index is 777. The summed E-state index contributed by atoms with van der Waals surface area (Å²) < 4.78 is 63.7. The van der Waals surface area contributed by atoms with Crippen LogP contribution >= 0.6 is 0 Å². The SMILES string of the molecule is C[C@@H]1CN(c2c(C=O)cc3c(C(F)(F)F)noc3c2F)C[C@H](C)O1. The van der Waals surface area contributed by atoms with E-state index in [1.54, 1.807) is 18.7 Å². The van der Waals surface area contributed by atoms with Crippen LogP contribution in [0.2, 0.25) is 0 Å². The summed E-state index contributed by atoms with van der Waals surface area (Å²) in [6, 6.07) is 0.963. The summed E-state index contributed by atoms with van der Waals surface area (Å²) in [4.78, 5) is 12.9. The Hall–Kier alpha value is -2.16. The number of anilines is 1. The predicted molar refractivity (Wildman–Crippen MR) is 76.6 cm³/mol. The molecule has 130 valence electrons. The maximum absolute atomic E-state index is 14.8. The highest BCUT2D eigenvalue weighted by atomic mass is 19.4. The van der Waals surface area contributed by atoms with Gasteiger partial charge in [0.15, 0.2) is 17.8 Å². The third-order valence-electron chi connectivity index (χ3n) is 3.84. The average molecular weight is 346 g/mol. The molecule has 0 bridgehead atoms. The van der Waals surface area contributed by atoms with Gasteiger partial charge in [-0.25, -0.2) is 4.39 Å². The summed E-state index contributed by atoms with van der Waals surface area (Å²) >= 11 is 0. The maximum Gasteiger partial charge on any atom is 0.437 e. The number of nitrogens with zero attached hydrogens (tertiary/aromatic N) is 2. The van der Waals surface area contributed by atoms with Gasteiger partial charge in [-0.2, -0.15) is 13.2 Å². The summed E-state index contributed by atoms with van der Waals surface area (Å²) in [5, 5.41) is 2.35. The Labute approximate surface area is 134 Å². The fourth-order valence-corrected chi connectivity index (χ4v) is 3.02. The average Bonchev–Trinajstić information content (AvgIpc) is 2.90. The van der Waals surface area contributed by atoms with E-state index in [1.165, 1.54) is 0 Å². The number of rotatable bonds is 2. The quantitative estimate of drug-likeness (QED) is 0.616. The standard InChI is InChI=1S/C15H14F4N2O3/c1-7-4-21(5-8(2)23-7)12-9(6-22)3-10-13(11(12)16)24-20-14(10)15(17,18)19/h3,6-8H,4-5H2,1-2H3/t7-,8+. The molecule has 9 heteroatoms. The molecule has 3 rings (SSSR count). The number of ether oxygens (including phenoxy) is 1. The first-order valence-electron chi connectivity index (χ1n) is 7.27. The van der Waals surface area contributed by atoms with Gasteiger partial charge in [0.1, 0.15) is 0 Å². The first-order valence-corrected chi connectivity index (χ1v) is 7.27. The van der Waals surface area contributed by atoms with Crippen molar-refractivity contribution in [1.29, 1.82) is 0 Å². The second-order valence-corrected chi connectivity index (χ2v) is 5.81. The van der Waals surface area contributed by atoms with Gasteiger partial charge in [-0.1, -0.05) is 5.16 Å². The molecule has 0 amide bonds. The number of hydrogen-bond donors (Lipinski definition) is 0. The maximum atomic E-state index is 14.8. The summed E-state index contributed by atoms with van der Waals surface area (Å²) in [7, 11) is 0. The van der Waals surface area contributed by atoms with Crippen molar-refractivity contribution in [2.75, 3.05) is 18.0 Å². The lowest BCUT2D eigenvalue weighted by Gasteiger charge is -2.37. The molecule has 2 atom stereocenters. The molecule has 1 aromatic heterocycles. The molecule has 1 fully saturated rings. The number of morpholine rings is 1. The molecule has 0 unspecified atom stereocenters. The smallest absolute Gasteiger partial charge is 0.372 e. The van der Waals surface area contributed by atoms with Crippen molar-refractivity contribution in [2.45, 2.75) is 32.2 Å².